The molecule has 1 aromatic carbocycles. The van der Waals surface area contributed by atoms with Gasteiger partial charge in [0.25, 0.3) is 0 Å². The second-order valence-electron chi connectivity index (χ2n) is 3.85. The lowest BCUT2D eigenvalue weighted by Gasteiger charge is -2.10. The minimum atomic E-state index is -0.995. The van der Waals surface area contributed by atoms with E-state index >= 15 is 0 Å². The minimum Gasteiger partial charge on any atom is -0.481 e. The van der Waals surface area contributed by atoms with Crippen molar-refractivity contribution in [3.63, 3.8) is 0 Å². The van der Waals surface area contributed by atoms with Crippen molar-refractivity contribution in [1.29, 1.82) is 0 Å². The third-order valence-corrected chi connectivity index (χ3v) is 4.29. The summed E-state index contributed by atoms with van der Waals surface area (Å²) in [6.45, 7) is 0. The maximum Gasteiger partial charge on any atom is 0.307 e. The molecule has 0 heterocycles. The first-order valence-electron chi connectivity index (χ1n) is 5.42. The zero-order valence-electron chi connectivity index (χ0n) is 9.81. The molecule has 1 aromatic rings. The molecular formula is C12H12Cl2O4S. The monoisotopic (exact) mass is 322 g/mol. The number of hydrogen-bond donors (Lipinski definition) is 2. The first-order chi connectivity index (χ1) is 8.90. The lowest BCUT2D eigenvalue weighted by atomic mass is 10.1. The standard InChI is InChI=1S/C12H12Cl2O4S/c13-9-3-2-8(5-10(9)14)19-6-7(12(17)18)1-4-11(15)16/h2-3,5,7H,1,4,6H2,(H,15,16)(H,17,18). The molecule has 0 saturated heterocycles. The summed E-state index contributed by atoms with van der Waals surface area (Å²) in [4.78, 5) is 22.3. The zero-order chi connectivity index (χ0) is 14.4. The molecule has 0 radical (unpaired) electrons. The van der Waals surface area contributed by atoms with Crippen LogP contribution < -0.4 is 0 Å². The summed E-state index contributed by atoms with van der Waals surface area (Å²) in [5, 5.41) is 18.4. The Morgan fingerprint density at radius 3 is 2.42 bits per heavy atom. The van der Waals surface area contributed by atoms with Gasteiger partial charge in [0.1, 0.15) is 0 Å². The van der Waals surface area contributed by atoms with E-state index in [1.807, 2.05) is 0 Å². The van der Waals surface area contributed by atoms with E-state index in [1.165, 1.54) is 11.8 Å². The highest BCUT2D eigenvalue weighted by Crippen LogP contribution is 2.29. The second kappa shape index (κ2) is 7.62. The number of halogens is 2. The number of hydrogen-bond acceptors (Lipinski definition) is 3. The van der Waals surface area contributed by atoms with Crippen molar-refractivity contribution in [1.82, 2.24) is 0 Å². The first-order valence-corrected chi connectivity index (χ1v) is 7.16. The molecule has 1 rings (SSSR count). The van der Waals surface area contributed by atoms with Crippen LogP contribution in [0, 0.1) is 5.92 Å². The predicted octanol–water partition coefficient (Wildman–Crippen LogP) is 3.65. The van der Waals surface area contributed by atoms with Crippen molar-refractivity contribution in [2.75, 3.05) is 5.75 Å². The predicted molar refractivity (Wildman–Crippen MR) is 75.2 cm³/mol. The van der Waals surface area contributed by atoms with Crippen LogP contribution in [0.5, 0.6) is 0 Å². The smallest absolute Gasteiger partial charge is 0.307 e. The van der Waals surface area contributed by atoms with Gasteiger partial charge >= 0.3 is 11.9 Å². The molecule has 0 aliphatic heterocycles. The third-order valence-electron chi connectivity index (χ3n) is 2.40. The molecule has 104 valence electrons. The molecule has 0 aliphatic rings. The largest absolute Gasteiger partial charge is 0.481 e. The Balaban J connectivity index is 2.57. The van der Waals surface area contributed by atoms with Crippen LogP contribution in [0.15, 0.2) is 23.1 Å². The van der Waals surface area contributed by atoms with E-state index in [-0.39, 0.29) is 12.8 Å². The van der Waals surface area contributed by atoms with Crippen molar-refractivity contribution < 1.29 is 19.8 Å². The number of carboxylic acid groups (broad SMARTS) is 2. The van der Waals surface area contributed by atoms with Crippen LogP contribution >= 0.6 is 35.0 Å². The highest BCUT2D eigenvalue weighted by molar-refractivity contribution is 7.99. The van der Waals surface area contributed by atoms with Gasteiger partial charge in [-0.2, -0.15) is 0 Å². The van der Waals surface area contributed by atoms with Crippen molar-refractivity contribution in [2.24, 2.45) is 5.92 Å². The SMILES string of the molecule is O=C(O)CCC(CSc1ccc(Cl)c(Cl)c1)C(=O)O. The maximum absolute atomic E-state index is 11.0. The molecule has 0 bridgehead atoms. The normalized spacial score (nSPS) is 12.1. The van der Waals surface area contributed by atoms with E-state index in [9.17, 15) is 9.59 Å². The van der Waals surface area contributed by atoms with Gasteiger partial charge in [0.05, 0.1) is 16.0 Å². The fourth-order valence-corrected chi connectivity index (χ4v) is 2.77. The average molecular weight is 323 g/mol. The fraction of sp³-hybridized carbons (Fsp3) is 0.333. The molecule has 2 N–H and O–H groups in total. The Hall–Kier alpha value is -0.910. The lowest BCUT2D eigenvalue weighted by Crippen LogP contribution is -2.17. The molecule has 0 spiro atoms. The molecule has 19 heavy (non-hydrogen) atoms. The van der Waals surface area contributed by atoms with E-state index in [2.05, 4.69) is 0 Å². The Morgan fingerprint density at radius 2 is 1.89 bits per heavy atom. The summed E-state index contributed by atoms with van der Waals surface area (Å²) in [5.74, 6) is -2.39. The molecule has 1 atom stereocenters. The quantitative estimate of drug-likeness (QED) is 0.749. The number of thioether (sulfide) groups is 1. The molecule has 1 unspecified atom stereocenters. The van der Waals surface area contributed by atoms with Crippen molar-refractivity contribution in [2.45, 2.75) is 17.7 Å². The lowest BCUT2D eigenvalue weighted by molar-refractivity contribution is -0.142. The van der Waals surface area contributed by atoms with Gasteiger partial charge < -0.3 is 10.2 Å². The second-order valence-corrected chi connectivity index (χ2v) is 5.76. The minimum absolute atomic E-state index is 0.110. The number of benzene rings is 1. The van der Waals surface area contributed by atoms with Gasteiger partial charge in [-0.25, -0.2) is 0 Å². The Bertz CT molecular complexity index is 479. The van der Waals surface area contributed by atoms with Gasteiger partial charge in [-0.1, -0.05) is 23.2 Å². The van der Waals surface area contributed by atoms with Gasteiger partial charge in [-0.15, -0.1) is 11.8 Å². The highest BCUT2D eigenvalue weighted by Gasteiger charge is 2.19. The summed E-state index contributed by atoms with van der Waals surface area (Å²) in [6, 6.07) is 5.04. The summed E-state index contributed by atoms with van der Waals surface area (Å²) in [5.41, 5.74) is 0. The molecule has 7 heteroatoms. The Labute approximate surface area is 124 Å². The first kappa shape index (κ1) is 16.1. The molecule has 4 nitrogen and oxygen atoms in total. The van der Waals surface area contributed by atoms with Crippen LogP contribution in [0.4, 0.5) is 0 Å². The van der Waals surface area contributed by atoms with E-state index in [0.29, 0.717) is 15.8 Å². The highest BCUT2D eigenvalue weighted by atomic mass is 35.5. The van der Waals surface area contributed by atoms with Crippen LogP contribution in [0.3, 0.4) is 0 Å². The van der Waals surface area contributed by atoms with E-state index in [1.54, 1.807) is 18.2 Å². The number of rotatable bonds is 7. The molecule has 0 aromatic heterocycles. The molecule has 0 aliphatic carbocycles. The van der Waals surface area contributed by atoms with E-state index < -0.39 is 17.9 Å². The van der Waals surface area contributed by atoms with E-state index in [4.69, 9.17) is 33.4 Å². The molecule has 0 saturated carbocycles. The van der Waals surface area contributed by atoms with Crippen molar-refractivity contribution in [3.05, 3.63) is 28.2 Å². The van der Waals surface area contributed by atoms with Gasteiger partial charge in [0, 0.05) is 17.1 Å². The van der Waals surface area contributed by atoms with E-state index in [0.717, 1.165) is 4.90 Å². The van der Waals surface area contributed by atoms with Gasteiger partial charge in [0.2, 0.25) is 0 Å². The topological polar surface area (TPSA) is 74.6 Å². The third kappa shape index (κ3) is 5.72. The van der Waals surface area contributed by atoms with Crippen molar-refractivity contribution >= 4 is 46.9 Å². The Kier molecular flexibility index (Phi) is 6.48. The maximum atomic E-state index is 11.0. The number of carbonyl (C=O) groups is 2. The molecular weight excluding hydrogens is 311 g/mol. The van der Waals surface area contributed by atoms with Crippen LogP contribution in [-0.2, 0) is 9.59 Å². The van der Waals surface area contributed by atoms with Gasteiger partial charge in [-0.05, 0) is 24.6 Å². The van der Waals surface area contributed by atoms with Gasteiger partial charge in [0.15, 0.2) is 0 Å². The van der Waals surface area contributed by atoms with Crippen LogP contribution in [0.2, 0.25) is 10.0 Å². The molecule has 0 fully saturated rings. The Morgan fingerprint density at radius 1 is 1.21 bits per heavy atom. The molecule has 0 amide bonds. The average Bonchev–Trinajstić information content (AvgIpc) is 2.32. The summed E-state index contributed by atoms with van der Waals surface area (Å²) < 4.78 is 0. The van der Waals surface area contributed by atoms with Crippen LogP contribution in [0.25, 0.3) is 0 Å². The number of carboxylic acids is 2. The summed E-state index contributed by atoms with van der Waals surface area (Å²) >= 11 is 12.9. The van der Waals surface area contributed by atoms with Crippen molar-refractivity contribution in [3.8, 4) is 0 Å². The fourth-order valence-electron chi connectivity index (χ4n) is 1.34. The van der Waals surface area contributed by atoms with Crippen LogP contribution in [0.1, 0.15) is 12.8 Å². The zero-order valence-corrected chi connectivity index (χ0v) is 12.1. The number of aliphatic carboxylic acids is 2. The van der Waals surface area contributed by atoms with Gasteiger partial charge in [-0.3, -0.25) is 9.59 Å². The summed E-state index contributed by atoms with van der Waals surface area (Å²) in [6.07, 6.45) is -0.0438. The summed E-state index contributed by atoms with van der Waals surface area (Å²) in [7, 11) is 0. The van der Waals surface area contributed by atoms with Crippen LogP contribution in [-0.4, -0.2) is 27.9 Å².